The van der Waals surface area contributed by atoms with Gasteiger partial charge in [0, 0.05) is 58.8 Å². The third kappa shape index (κ3) is 9.59. The summed E-state index contributed by atoms with van der Waals surface area (Å²) in [5, 5.41) is 0. The van der Waals surface area contributed by atoms with E-state index in [4.69, 9.17) is 14.2 Å². The maximum Gasteiger partial charge on any atom is 0.343 e. The van der Waals surface area contributed by atoms with E-state index in [0.29, 0.717) is 39.9 Å². The molecule has 0 aliphatic heterocycles. The molecule has 0 radical (unpaired) electrons. The summed E-state index contributed by atoms with van der Waals surface area (Å²) in [6.07, 6.45) is 8.58. The zero-order valence-electron chi connectivity index (χ0n) is 35.6. The van der Waals surface area contributed by atoms with Crippen molar-refractivity contribution in [2.75, 3.05) is 0 Å². The molecule has 0 atom stereocenters. The first-order valence-electron chi connectivity index (χ1n) is 21.3. The summed E-state index contributed by atoms with van der Waals surface area (Å²) in [6.45, 7) is 0. The molecule has 0 saturated heterocycles. The summed E-state index contributed by atoms with van der Waals surface area (Å²) < 4.78 is 18.6. The molecular formula is C57H37N5O5. The van der Waals surface area contributed by atoms with E-state index in [0.717, 1.165) is 50.5 Å². The van der Waals surface area contributed by atoms with E-state index in [1.54, 1.807) is 73.4 Å². The maximum atomic E-state index is 14.1. The van der Waals surface area contributed by atoms with Crippen molar-refractivity contribution in [1.29, 1.82) is 0 Å². The van der Waals surface area contributed by atoms with Crippen LogP contribution in [0.1, 0.15) is 20.7 Å². The number of hydrogen-bond acceptors (Lipinski definition) is 10. The minimum atomic E-state index is -0.664. The smallest absolute Gasteiger partial charge is 0.343 e. The minimum absolute atomic E-state index is 0.137. The van der Waals surface area contributed by atoms with Crippen molar-refractivity contribution in [3.8, 4) is 90.4 Å². The molecule has 10 rings (SSSR count). The summed E-state index contributed by atoms with van der Waals surface area (Å²) in [5.41, 5.74) is 8.79. The molecule has 320 valence electrons. The number of carbonyl (C=O) groups excluding carboxylic acids is 2. The van der Waals surface area contributed by atoms with Gasteiger partial charge in [-0.05, 0) is 150 Å². The number of esters is 2. The van der Waals surface area contributed by atoms with Crippen LogP contribution in [-0.4, -0.2) is 36.9 Å². The molecule has 10 nitrogen and oxygen atoms in total. The van der Waals surface area contributed by atoms with Gasteiger partial charge in [0.15, 0.2) is 5.82 Å². The summed E-state index contributed by atoms with van der Waals surface area (Å²) in [5.74, 6) is 0.956. The minimum Gasteiger partial charge on any atom is -0.457 e. The summed E-state index contributed by atoms with van der Waals surface area (Å²) >= 11 is 0. The predicted molar refractivity (Wildman–Crippen MR) is 257 cm³/mol. The van der Waals surface area contributed by atoms with Gasteiger partial charge in [-0.3, -0.25) is 15.0 Å². The third-order valence-electron chi connectivity index (χ3n) is 10.8. The van der Waals surface area contributed by atoms with E-state index < -0.39 is 11.9 Å². The quantitative estimate of drug-likeness (QED) is 0.0865. The number of carbonyl (C=O) groups is 2. The highest BCUT2D eigenvalue weighted by atomic mass is 16.5. The molecule has 0 aliphatic rings. The number of rotatable bonds is 12. The molecule has 0 bridgehead atoms. The monoisotopic (exact) mass is 871 g/mol. The van der Waals surface area contributed by atoms with Gasteiger partial charge in [-0.25, -0.2) is 19.6 Å². The third-order valence-corrected chi connectivity index (χ3v) is 10.8. The van der Waals surface area contributed by atoms with Crippen molar-refractivity contribution in [3.63, 3.8) is 0 Å². The van der Waals surface area contributed by atoms with E-state index in [1.165, 1.54) is 6.07 Å². The van der Waals surface area contributed by atoms with Crippen molar-refractivity contribution < 1.29 is 23.8 Å². The Morgan fingerprint density at radius 3 is 1.39 bits per heavy atom. The number of nitrogens with zero attached hydrogens (tertiary/aromatic N) is 5. The Morgan fingerprint density at radius 2 is 0.836 bits per heavy atom. The highest BCUT2D eigenvalue weighted by molar-refractivity contribution is 6.00. The van der Waals surface area contributed by atoms with E-state index in [-0.39, 0.29) is 11.1 Å². The van der Waals surface area contributed by atoms with Crippen LogP contribution in [0, 0.1) is 0 Å². The first kappa shape index (κ1) is 41.6. The Labute approximate surface area is 385 Å². The highest BCUT2D eigenvalue weighted by Gasteiger charge is 2.21. The van der Waals surface area contributed by atoms with Gasteiger partial charge in [0.1, 0.15) is 23.0 Å². The number of benzene rings is 6. The van der Waals surface area contributed by atoms with E-state index in [1.807, 2.05) is 146 Å². The molecule has 4 aromatic heterocycles. The average Bonchev–Trinajstić information content (AvgIpc) is 3.40. The van der Waals surface area contributed by atoms with Gasteiger partial charge in [0.2, 0.25) is 0 Å². The van der Waals surface area contributed by atoms with Crippen LogP contribution in [-0.2, 0) is 0 Å². The normalized spacial score (nSPS) is 10.8. The molecule has 10 heteroatoms. The van der Waals surface area contributed by atoms with Gasteiger partial charge in [-0.1, -0.05) is 60.7 Å². The second-order valence-corrected chi connectivity index (χ2v) is 15.2. The Hall–Kier alpha value is -9.41. The van der Waals surface area contributed by atoms with Crippen LogP contribution in [0.15, 0.2) is 225 Å². The number of aromatic nitrogens is 5. The fourth-order valence-corrected chi connectivity index (χ4v) is 7.57. The van der Waals surface area contributed by atoms with Crippen LogP contribution in [0.2, 0.25) is 0 Å². The molecule has 0 amide bonds. The van der Waals surface area contributed by atoms with Gasteiger partial charge >= 0.3 is 11.9 Å². The largest absolute Gasteiger partial charge is 0.457 e. The molecule has 4 heterocycles. The van der Waals surface area contributed by atoms with Crippen molar-refractivity contribution in [2.24, 2.45) is 0 Å². The van der Waals surface area contributed by atoms with Crippen molar-refractivity contribution in [2.45, 2.75) is 0 Å². The van der Waals surface area contributed by atoms with Crippen molar-refractivity contribution >= 4 is 11.9 Å². The Balaban J connectivity index is 1.04. The lowest BCUT2D eigenvalue weighted by molar-refractivity contribution is 0.0734. The summed E-state index contributed by atoms with van der Waals surface area (Å²) in [6, 6.07) is 59.2. The Morgan fingerprint density at radius 1 is 0.328 bits per heavy atom. The average molecular weight is 872 g/mol. The number of pyridine rings is 3. The van der Waals surface area contributed by atoms with Gasteiger partial charge in [-0.2, -0.15) is 0 Å². The fourth-order valence-electron chi connectivity index (χ4n) is 7.57. The molecule has 6 aromatic carbocycles. The molecule has 0 spiro atoms. The first-order valence-corrected chi connectivity index (χ1v) is 21.3. The lowest BCUT2D eigenvalue weighted by Gasteiger charge is -2.17. The fraction of sp³-hybridized carbons (Fsp3) is 0. The van der Waals surface area contributed by atoms with Crippen LogP contribution in [0.3, 0.4) is 0 Å². The molecular weight excluding hydrogens is 835 g/mol. The van der Waals surface area contributed by atoms with Crippen LogP contribution in [0.25, 0.3) is 67.4 Å². The van der Waals surface area contributed by atoms with Crippen LogP contribution in [0.4, 0.5) is 0 Å². The standard InChI is InChI=1S/C57H37N5O5/c63-56(66-45-23-18-38(19-24-45)51-15-3-6-28-58-51)43-33-42(34-44(35-43)57(64)67-46-25-20-39(21-26-46)52-16-4-7-29-59-52)48-13-1-2-14-49(48)50-27-22-41(55-61-31-10-32-62-55)37-54(50)65-47-12-9-11-40(36-47)53-17-5-8-30-60-53/h1-37H. The maximum absolute atomic E-state index is 14.1. The zero-order chi connectivity index (χ0) is 45.4. The lowest BCUT2D eigenvalue weighted by Crippen LogP contribution is -2.13. The lowest BCUT2D eigenvalue weighted by atomic mass is 9.91. The van der Waals surface area contributed by atoms with Crippen LogP contribution < -0.4 is 14.2 Å². The van der Waals surface area contributed by atoms with Crippen LogP contribution >= 0.6 is 0 Å². The van der Waals surface area contributed by atoms with Gasteiger partial charge in [0.05, 0.1) is 28.2 Å². The Kier molecular flexibility index (Phi) is 11.9. The molecule has 10 aromatic rings. The molecule has 0 aliphatic carbocycles. The topological polar surface area (TPSA) is 126 Å². The summed E-state index contributed by atoms with van der Waals surface area (Å²) in [7, 11) is 0. The molecule has 0 saturated carbocycles. The van der Waals surface area contributed by atoms with Gasteiger partial charge < -0.3 is 14.2 Å². The second kappa shape index (κ2) is 19.1. The van der Waals surface area contributed by atoms with E-state index in [2.05, 4.69) is 24.9 Å². The zero-order valence-corrected chi connectivity index (χ0v) is 35.6. The molecule has 0 N–H and O–H groups in total. The SMILES string of the molecule is O=C(Oc1ccc(-c2ccccn2)cc1)c1cc(C(=O)Oc2ccc(-c3ccccn3)cc2)cc(-c2ccccc2-c2ccc(-c3ncccn3)cc2Oc2cccc(-c3ccccn3)c2)c1. The first-order chi connectivity index (χ1) is 33.0. The van der Waals surface area contributed by atoms with Gasteiger partial charge in [0.25, 0.3) is 0 Å². The molecule has 0 fully saturated rings. The second-order valence-electron chi connectivity index (χ2n) is 15.2. The molecule has 0 unspecified atom stereocenters. The van der Waals surface area contributed by atoms with Gasteiger partial charge in [-0.15, -0.1) is 0 Å². The highest BCUT2D eigenvalue weighted by Crippen LogP contribution is 2.42. The van der Waals surface area contributed by atoms with E-state index in [9.17, 15) is 9.59 Å². The van der Waals surface area contributed by atoms with Crippen LogP contribution in [0.5, 0.6) is 23.0 Å². The number of ether oxygens (including phenoxy) is 3. The predicted octanol–water partition coefficient (Wildman–Crippen LogP) is 12.9. The summed E-state index contributed by atoms with van der Waals surface area (Å²) in [4.78, 5) is 50.7. The van der Waals surface area contributed by atoms with Crippen molar-refractivity contribution in [3.05, 3.63) is 236 Å². The van der Waals surface area contributed by atoms with E-state index >= 15 is 0 Å². The number of hydrogen-bond donors (Lipinski definition) is 0. The Bertz CT molecular complexity index is 3220. The van der Waals surface area contributed by atoms with Crippen molar-refractivity contribution in [1.82, 2.24) is 24.9 Å². The molecule has 67 heavy (non-hydrogen) atoms.